The molecule has 1 aromatic carbocycles. The van der Waals surface area contributed by atoms with E-state index in [1.807, 2.05) is 6.07 Å². The van der Waals surface area contributed by atoms with Gasteiger partial charge in [0.15, 0.2) is 5.82 Å². The lowest BCUT2D eigenvalue weighted by molar-refractivity contribution is 0.0608. The highest BCUT2D eigenvalue weighted by molar-refractivity contribution is 7.93. The van der Waals surface area contributed by atoms with Crippen molar-refractivity contribution in [2.45, 2.75) is 31.3 Å². The average molecular weight is 389 g/mol. The Morgan fingerprint density at radius 2 is 1.78 bits per heavy atom. The number of amides is 1. The van der Waals surface area contributed by atoms with Crippen LogP contribution in [0.4, 0.5) is 15.0 Å². The highest BCUT2D eigenvalue weighted by atomic mass is 32.2. The van der Waals surface area contributed by atoms with Gasteiger partial charge in [0.05, 0.1) is 21.3 Å². The van der Waals surface area contributed by atoms with Crippen LogP contribution in [0.3, 0.4) is 0 Å². The first-order chi connectivity index (χ1) is 12.6. The van der Waals surface area contributed by atoms with Gasteiger partial charge in [-0.25, -0.2) is 22.1 Å². The molecular weight excluding hydrogens is 373 g/mol. The standard InChI is InChI=1S/C18H16FN3O4S/c1-18(2,3)26-17(23)22(27(24,25)12-7-4-6-11(19)10-12)16-15-13-8-5-9-14(15)21(13)20-16/h4-10H,1-3H3. The lowest BCUT2D eigenvalue weighted by Gasteiger charge is -2.25. The number of aromatic nitrogens is 2. The van der Waals surface area contributed by atoms with Crippen LogP contribution in [0.1, 0.15) is 20.8 Å². The molecule has 1 amide bonds. The van der Waals surface area contributed by atoms with E-state index in [1.54, 1.807) is 37.4 Å². The lowest BCUT2D eigenvalue weighted by atomic mass is 10.1. The topological polar surface area (TPSA) is 81.0 Å². The summed E-state index contributed by atoms with van der Waals surface area (Å²) in [5, 5.41) is 4.77. The van der Waals surface area contributed by atoms with Gasteiger partial charge in [-0.15, -0.1) is 9.40 Å². The zero-order valence-electron chi connectivity index (χ0n) is 14.8. The van der Waals surface area contributed by atoms with E-state index in [0.717, 1.165) is 12.1 Å². The lowest BCUT2D eigenvalue weighted by Crippen LogP contribution is -2.41. The summed E-state index contributed by atoms with van der Waals surface area (Å²) in [4.78, 5) is 12.4. The number of hydrogen-bond acceptors (Lipinski definition) is 5. The van der Waals surface area contributed by atoms with E-state index < -0.39 is 27.5 Å². The number of hydrogen-bond donors (Lipinski definition) is 0. The minimum absolute atomic E-state index is 0.0564. The molecule has 0 radical (unpaired) electrons. The SMILES string of the molecule is CC(C)(C)OC(=O)N(c1nn2c3cccc2c13)S(=O)(=O)c1cccc(F)c1. The largest absolute Gasteiger partial charge is 0.443 e. The predicted molar refractivity (Wildman–Crippen MR) is 97.4 cm³/mol. The number of nitrogens with zero attached hydrogens (tertiary/aromatic N) is 3. The minimum atomic E-state index is -4.44. The minimum Gasteiger partial charge on any atom is -0.443 e. The van der Waals surface area contributed by atoms with Crippen molar-refractivity contribution >= 4 is 38.4 Å². The van der Waals surface area contributed by atoms with Crippen molar-refractivity contribution in [3.8, 4) is 0 Å². The second-order valence-electron chi connectivity index (χ2n) is 7.11. The summed E-state index contributed by atoms with van der Waals surface area (Å²) >= 11 is 0. The van der Waals surface area contributed by atoms with E-state index >= 15 is 0 Å². The average Bonchev–Trinajstić information content (AvgIpc) is 3.12. The van der Waals surface area contributed by atoms with Crippen LogP contribution in [-0.2, 0) is 14.8 Å². The molecule has 4 aromatic heterocycles. The Kier molecular flexibility index (Phi) is 3.58. The van der Waals surface area contributed by atoms with E-state index in [1.165, 1.54) is 12.1 Å². The number of anilines is 1. The van der Waals surface area contributed by atoms with Crippen LogP contribution >= 0.6 is 0 Å². The van der Waals surface area contributed by atoms with Crippen LogP contribution < -0.4 is 4.31 Å². The van der Waals surface area contributed by atoms with Crippen molar-refractivity contribution in [1.29, 1.82) is 0 Å². The molecule has 27 heavy (non-hydrogen) atoms. The van der Waals surface area contributed by atoms with Gasteiger partial charge in [-0.05, 0) is 51.1 Å². The summed E-state index contributed by atoms with van der Waals surface area (Å²) < 4.78 is 47.3. The van der Waals surface area contributed by atoms with Crippen LogP contribution in [0.25, 0.3) is 16.4 Å². The molecule has 4 bridgehead atoms. The van der Waals surface area contributed by atoms with Crippen molar-refractivity contribution in [2.75, 3.05) is 4.31 Å². The Hall–Kier alpha value is -2.94. The third kappa shape index (κ3) is 2.66. The molecule has 0 aliphatic rings. The Labute approximate surface area is 154 Å². The predicted octanol–water partition coefficient (Wildman–Crippen LogP) is 3.63. The number of benzene rings is 2. The van der Waals surface area contributed by atoms with Gasteiger partial charge in [-0.3, -0.25) is 0 Å². The van der Waals surface area contributed by atoms with Gasteiger partial charge in [0.2, 0.25) is 0 Å². The molecule has 0 unspecified atom stereocenters. The molecule has 0 saturated carbocycles. The molecule has 7 nitrogen and oxygen atoms in total. The number of carbonyl (C=O) groups excluding carboxylic acids is 1. The molecule has 0 aliphatic heterocycles. The van der Waals surface area contributed by atoms with Crippen LogP contribution in [0.2, 0.25) is 0 Å². The van der Waals surface area contributed by atoms with Gasteiger partial charge in [0, 0.05) is 0 Å². The molecule has 5 rings (SSSR count). The highest BCUT2D eigenvalue weighted by Gasteiger charge is 2.40. The molecule has 0 spiro atoms. The summed E-state index contributed by atoms with van der Waals surface area (Å²) in [6.07, 6.45) is -1.10. The number of halogens is 1. The van der Waals surface area contributed by atoms with E-state index in [4.69, 9.17) is 4.74 Å². The van der Waals surface area contributed by atoms with Crippen LogP contribution in [0.5, 0.6) is 0 Å². The molecule has 0 N–H and O–H groups in total. The van der Waals surface area contributed by atoms with Crippen LogP contribution in [0, 0.1) is 5.82 Å². The summed E-state index contributed by atoms with van der Waals surface area (Å²) in [6, 6.07) is 9.79. The zero-order valence-corrected chi connectivity index (χ0v) is 15.6. The summed E-state index contributed by atoms with van der Waals surface area (Å²) in [5.41, 5.74) is 0.471. The second-order valence-corrected chi connectivity index (χ2v) is 8.90. The van der Waals surface area contributed by atoms with Crippen LogP contribution in [-0.4, -0.2) is 29.7 Å². The van der Waals surface area contributed by atoms with Gasteiger partial charge in [0.25, 0.3) is 10.0 Å². The first-order valence-electron chi connectivity index (χ1n) is 8.15. The van der Waals surface area contributed by atoms with Gasteiger partial charge in [0.1, 0.15) is 11.4 Å². The molecule has 0 saturated heterocycles. The van der Waals surface area contributed by atoms with Gasteiger partial charge >= 0.3 is 6.09 Å². The molecule has 0 aliphatic carbocycles. The zero-order chi connectivity index (χ0) is 19.6. The molecule has 0 fully saturated rings. The number of carbonyl (C=O) groups is 1. The summed E-state index contributed by atoms with van der Waals surface area (Å²) in [5.74, 6) is -0.787. The Bertz CT molecular complexity index is 1210. The van der Waals surface area contributed by atoms with E-state index in [2.05, 4.69) is 5.10 Å². The summed E-state index contributed by atoms with van der Waals surface area (Å²) in [7, 11) is -4.44. The smallest absolute Gasteiger partial charge is 0.430 e. The van der Waals surface area contributed by atoms with E-state index in [-0.39, 0.29) is 10.7 Å². The van der Waals surface area contributed by atoms with Crippen LogP contribution in [0.15, 0.2) is 47.4 Å². The highest BCUT2D eigenvalue weighted by Crippen LogP contribution is 2.39. The van der Waals surface area contributed by atoms with Crippen molar-refractivity contribution in [1.82, 2.24) is 9.61 Å². The van der Waals surface area contributed by atoms with E-state index in [0.29, 0.717) is 20.7 Å². The van der Waals surface area contributed by atoms with Gasteiger partial charge in [-0.1, -0.05) is 12.1 Å². The van der Waals surface area contributed by atoms with Gasteiger partial charge < -0.3 is 4.74 Å². The number of fused-ring (bicyclic) bond motifs is 1. The second kappa shape index (κ2) is 5.53. The third-order valence-electron chi connectivity index (χ3n) is 3.98. The third-order valence-corrected chi connectivity index (χ3v) is 5.63. The van der Waals surface area contributed by atoms with Crippen molar-refractivity contribution in [3.05, 3.63) is 48.3 Å². The van der Waals surface area contributed by atoms with E-state index in [9.17, 15) is 17.6 Å². The van der Waals surface area contributed by atoms with Gasteiger partial charge in [-0.2, -0.15) is 0 Å². The van der Waals surface area contributed by atoms with Crippen molar-refractivity contribution in [3.63, 3.8) is 0 Å². The molecular formula is C18H16FN3O4S. The fraction of sp³-hybridized carbons (Fsp3) is 0.222. The van der Waals surface area contributed by atoms with Crippen molar-refractivity contribution in [2.24, 2.45) is 0 Å². The molecule has 140 valence electrons. The van der Waals surface area contributed by atoms with Crippen molar-refractivity contribution < 1.29 is 22.3 Å². The normalized spacial score (nSPS) is 12.9. The summed E-state index contributed by atoms with van der Waals surface area (Å²) in [6.45, 7) is 4.87. The number of sulfonamides is 1. The Morgan fingerprint density at radius 3 is 2.33 bits per heavy atom. The number of ether oxygens (including phenoxy) is 1. The Balaban J connectivity index is 1.89. The maximum atomic E-state index is 13.6. The molecule has 0 atom stereocenters. The Morgan fingerprint density at radius 1 is 1.15 bits per heavy atom. The quantitative estimate of drug-likeness (QED) is 0.534. The fourth-order valence-corrected chi connectivity index (χ4v) is 4.23. The maximum Gasteiger partial charge on any atom is 0.430 e. The number of pyridine rings is 1. The first-order valence-corrected chi connectivity index (χ1v) is 9.59. The maximum absolute atomic E-state index is 13.6. The number of rotatable bonds is 3. The molecule has 9 heteroatoms. The molecule has 4 heterocycles. The monoisotopic (exact) mass is 389 g/mol. The fourth-order valence-electron chi connectivity index (χ4n) is 2.92. The molecule has 5 aromatic rings. The first kappa shape index (κ1) is 17.5.